The van der Waals surface area contributed by atoms with Crippen LogP contribution in [-0.2, 0) is 10.2 Å². The number of ether oxygens (including phenoxy) is 1. The molecule has 2 aliphatic carbocycles. The van der Waals surface area contributed by atoms with Crippen LogP contribution in [0.2, 0.25) is 0 Å². The molecule has 3 rings (SSSR count). The molecule has 0 saturated heterocycles. The third-order valence-corrected chi connectivity index (χ3v) is 6.12. The number of fused-ring (bicyclic) bond motifs is 3. The second-order valence-electron chi connectivity index (χ2n) is 8.71. The minimum absolute atomic E-state index is 0.0331. The lowest BCUT2D eigenvalue weighted by atomic mass is 9.56. The summed E-state index contributed by atoms with van der Waals surface area (Å²) in [4.78, 5) is 25.1. The second-order valence-corrected chi connectivity index (χ2v) is 8.71. The van der Waals surface area contributed by atoms with Gasteiger partial charge in [0.25, 0.3) is 0 Å². The summed E-state index contributed by atoms with van der Waals surface area (Å²) in [7, 11) is 0. The summed E-state index contributed by atoms with van der Waals surface area (Å²) >= 11 is 0. The summed E-state index contributed by atoms with van der Waals surface area (Å²) in [5.74, 6) is 0.464. The molecular weight excluding hydrogens is 300 g/mol. The molecule has 0 bridgehead atoms. The molecule has 0 unspecified atom stereocenters. The van der Waals surface area contributed by atoms with Crippen molar-refractivity contribution in [2.24, 2.45) is 11.3 Å². The summed E-state index contributed by atoms with van der Waals surface area (Å²) < 4.78 is 5.58. The maximum atomic E-state index is 13.4. The van der Waals surface area contributed by atoms with E-state index in [0.717, 1.165) is 30.4 Å². The van der Waals surface area contributed by atoms with Crippen LogP contribution in [0.3, 0.4) is 0 Å². The average molecular weight is 328 g/mol. The molecule has 0 N–H and O–H groups in total. The Kier molecular flexibility index (Phi) is 3.89. The van der Waals surface area contributed by atoms with Crippen LogP contribution in [0.5, 0.6) is 5.75 Å². The lowest BCUT2D eigenvalue weighted by Crippen LogP contribution is -2.44. The van der Waals surface area contributed by atoms with E-state index >= 15 is 0 Å². The van der Waals surface area contributed by atoms with Crippen LogP contribution < -0.4 is 4.74 Å². The van der Waals surface area contributed by atoms with Gasteiger partial charge in [-0.15, -0.1) is 0 Å². The molecule has 1 aromatic rings. The molecule has 0 radical (unpaired) electrons. The van der Waals surface area contributed by atoms with Crippen LogP contribution in [0, 0.1) is 11.3 Å². The third kappa shape index (κ3) is 2.32. The van der Waals surface area contributed by atoms with Crippen molar-refractivity contribution in [1.29, 1.82) is 0 Å². The van der Waals surface area contributed by atoms with Gasteiger partial charge < -0.3 is 4.74 Å². The lowest BCUT2D eigenvalue weighted by Gasteiger charge is -2.46. The van der Waals surface area contributed by atoms with E-state index in [1.165, 1.54) is 6.92 Å². The van der Waals surface area contributed by atoms with Gasteiger partial charge in [-0.2, -0.15) is 0 Å². The zero-order valence-corrected chi connectivity index (χ0v) is 15.7. The topological polar surface area (TPSA) is 43.4 Å². The zero-order valence-electron chi connectivity index (χ0n) is 15.7. The highest BCUT2D eigenvalue weighted by molar-refractivity contribution is 6.07. The largest absolute Gasteiger partial charge is 0.426 e. The normalized spacial score (nSPS) is 27.8. The van der Waals surface area contributed by atoms with Crippen LogP contribution in [0.25, 0.3) is 0 Å². The molecule has 0 spiro atoms. The summed E-state index contributed by atoms with van der Waals surface area (Å²) in [6.07, 6.45) is 3.20. The van der Waals surface area contributed by atoms with Gasteiger partial charge >= 0.3 is 5.97 Å². The number of carbonyl (C=O) groups excluding carboxylic acids is 2. The first-order valence-corrected chi connectivity index (χ1v) is 8.99. The standard InChI is InChI=1S/C21H28O3/c1-12(2)14-8-9-15-16(18(14)24-13(3)22)17(23)19-20(4,5)10-7-11-21(15,19)6/h8-9,12,19H,7,10-11H2,1-6H3/t19-,21-/m1/s1. The summed E-state index contributed by atoms with van der Waals surface area (Å²) in [6.45, 7) is 12.2. The molecule has 0 aliphatic heterocycles. The van der Waals surface area contributed by atoms with E-state index in [9.17, 15) is 9.59 Å². The SMILES string of the molecule is CC(=O)Oc1c(C(C)C)ccc2c1C(=O)[C@@H]1C(C)(C)CCC[C@]21C. The number of carbonyl (C=O) groups is 2. The molecule has 130 valence electrons. The Hall–Kier alpha value is -1.64. The van der Waals surface area contributed by atoms with Crippen LogP contribution in [0.15, 0.2) is 12.1 Å². The molecule has 3 heteroatoms. The first-order chi connectivity index (χ1) is 11.1. The van der Waals surface area contributed by atoms with Crippen molar-refractivity contribution in [2.45, 2.75) is 72.1 Å². The highest BCUT2D eigenvalue weighted by Gasteiger charge is 2.57. The van der Waals surface area contributed by atoms with Gasteiger partial charge in [0.1, 0.15) is 5.75 Å². The number of benzene rings is 1. The van der Waals surface area contributed by atoms with Crippen molar-refractivity contribution in [3.63, 3.8) is 0 Å². The molecular formula is C21H28O3. The molecule has 1 saturated carbocycles. The number of hydrogen-bond donors (Lipinski definition) is 0. The lowest BCUT2D eigenvalue weighted by molar-refractivity contribution is -0.131. The quantitative estimate of drug-likeness (QED) is 0.566. The van der Waals surface area contributed by atoms with Gasteiger partial charge in [0, 0.05) is 18.3 Å². The Labute approximate surface area is 144 Å². The van der Waals surface area contributed by atoms with Crippen molar-refractivity contribution in [1.82, 2.24) is 0 Å². The van der Waals surface area contributed by atoms with Gasteiger partial charge in [0.2, 0.25) is 0 Å². The molecule has 24 heavy (non-hydrogen) atoms. The van der Waals surface area contributed by atoms with Crippen LogP contribution in [-0.4, -0.2) is 11.8 Å². The first kappa shape index (κ1) is 17.2. The molecule has 2 aliphatic rings. The minimum atomic E-state index is -0.364. The second kappa shape index (κ2) is 5.44. The number of esters is 1. The first-order valence-electron chi connectivity index (χ1n) is 8.99. The van der Waals surface area contributed by atoms with Gasteiger partial charge in [-0.05, 0) is 35.3 Å². The maximum Gasteiger partial charge on any atom is 0.308 e. The maximum absolute atomic E-state index is 13.4. The van der Waals surface area contributed by atoms with Gasteiger partial charge in [0.05, 0.1) is 5.56 Å². The molecule has 0 heterocycles. The van der Waals surface area contributed by atoms with Gasteiger partial charge in [-0.1, -0.05) is 53.2 Å². The zero-order chi connectivity index (χ0) is 17.9. The Morgan fingerprint density at radius 3 is 2.46 bits per heavy atom. The Morgan fingerprint density at radius 2 is 1.88 bits per heavy atom. The molecule has 0 aromatic heterocycles. The third-order valence-electron chi connectivity index (χ3n) is 6.12. The molecule has 0 amide bonds. The monoisotopic (exact) mass is 328 g/mol. The fourth-order valence-electron chi connectivity index (χ4n) is 5.17. The number of ketones is 1. The van der Waals surface area contributed by atoms with Crippen molar-refractivity contribution in [3.8, 4) is 5.75 Å². The van der Waals surface area contributed by atoms with Crippen LogP contribution in [0.1, 0.15) is 88.2 Å². The smallest absolute Gasteiger partial charge is 0.308 e. The van der Waals surface area contributed by atoms with E-state index in [1.54, 1.807) is 0 Å². The highest BCUT2D eigenvalue weighted by Crippen LogP contribution is 2.60. The van der Waals surface area contributed by atoms with E-state index in [0.29, 0.717) is 11.3 Å². The number of Topliss-reactive ketones (excluding diaryl/α,β-unsaturated/α-hetero) is 1. The van der Waals surface area contributed by atoms with Crippen molar-refractivity contribution >= 4 is 11.8 Å². The predicted molar refractivity (Wildman–Crippen MR) is 94.6 cm³/mol. The van der Waals surface area contributed by atoms with Gasteiger partial charge in [0.15, 0.2) is 5.78 Å². The molecule has 1 fully saturated rings. The highest BCUT2D eigenvalue weighted by atomic mass is 16.5. The molecule has 1 aromatic carbocycles. The van der Waals surface area contributed by atoms with Gasteiger partial charge in [-0.3, -0.25) is 9.59 Å². The van der Waals surface area contributed by atoms with Gasteiger partial charge in [-0.25, -0.2) is 0 Å². The fourth-order valence-corrected chi connectivity index (χ4v) is 5.17. The summed E-state index contributed by atoms with van der Waals surface area (Å²) in [6, 6.07) is 4.15. The fraction of sp³-hybridized carbons (Fsp3) is 0.619. The average Bonchev–Trinajstić information content (AvgIpc) is 2.67. The number of rotatable bonds is 2. The summed E-state index contributed by atoms with van der Waals surface area (Å²) in [5.41, 5.74) is 2.50. The predicted octanol–water partition coefficient (Wildman–Crippen LogP) is 5.02. The number of hydrogen-bond acceptors (Lipinski definition) is 3. The van der Waals surface area contributed by atoms with Crippen LogP contribution in [0.4, 0.5) is 0 Å². The van der Waals surface area contributed by atoms with E-state index < -0.39 is 0 Å². The Bertz CT molecular complexity index is 714. The Morgan fingerprint density at radius 1 is 1.21 bits per heavy atom. The van der Waals surface area contributed by atoms with Crippen LogP contribution >= 0.6 is 0 Å². The summed E-state index contributed by atoms with van der Waals surface area (Å²) in [5, 5.41) is 0. The minimum Gasteiger partial charge on any atom is -0.426 e. The van der Waals surface area contributed by atoms with E-state index in [2.05, 4.69) is 40.7 Å². The van der Waals surface area contributed by atoms with E-state index in [1.807, 2.05) is 6.07 Å². The van der Waals surface area contributed by atoms with Crippen molar-refractivity contribution < 1.29 is 14.3 Å². The molecule has 2 atom stereocenters. The Balaban J connectivity index is 2.27. The van der Waals surface area contributed by atoms with E-state index in [4.69, 9.17) is 4.74 Å². The molecule has 3 nitrogen and oxygen atoms in total. The van der Waals surface area contributed by atoms with Crippen molar-refractivity contribution in [3.05, 3.63) is 28.8 Å². The van der Waals surface area contributed by atoms with Crippen molar-refractivity contribution in [2.75, 3.05) is 0 Å². The van der Waals surface area contributed by atoms with E-state index in [-0.39, 0.29) is 34.4 Å².